The number of methoxy groups -OCH3 is 2. The number of aryl methyl sites for hydroxylation is 1. The molecule has 0 unspecified atom stereocenters. The van der Waals surface area contributed by atoms with E-state index in [0.29, 0.717) is 29.4 Å². The molecule has 5 nitrogen and oxygen atoms in total. The third-order valence-electron chi connectivity index (χ3n) is 3.26. The number of rotatable bonds is 5. The number of carbonyl (C=O) groups is 1. The van der Waals surface area contributed by atoms with Gasteiger partial charge in [0, 0.05) is 5.56 Å². The monoisotopic (exact) mass is 301 g/mol. The Balaban J connectivity index is 2.38. The molecule has 5 heteroatoms. The quantitative estimate of drug-likeness (QED) is 0.793. The highest BCUT2D eigenvalue weighted by molar-refractivity contribution is 5.91. The van der Waals surface area contributed by atoms with Crippen molar-refractivity contribution in [2.45, 2.75) is 13.8 Å². The van der Waals surface area contributed by atoms with Crippen molar-refractivity contribution >= 4 is 5.97 Å². The fourth-order valence-corrected chi connectivity index (χ4v) is 2.14. The van der Waals surface area contributed by atoms with Crippen LogP contribution in [0.3, 0.4) is 0 Å². The zero-order chi connectivity index (χ0) is 16.1. The van der Waals surface area contributed by atoms with E-state index >= 15 is 0 Å². The van der Waals surface area contributed by atoms with E-state index in [2.05, 4.69) is 4.98 Å². The molecule has 22 heavy (non-hydrogen) atoms. The van der Waals surface area contributed by atoms with Crippen LogP contribution in [-0.2, 0) is 4.74 Å². The van der Waals surface area contributed by atoms with Crippen LogP contribution in [0, 0.1) is 6.92 Å². The average molecular weight is 301 g/mol. The van der Waals surface area contributed by atoms with Crippen molar-refractivity contribution < 1.29 is 19.0 Å². The van der Waals surface area contributed by atoms with Crippen LogP contribution < -0.4 is 9.47 Å². The summed E-state index contributed by atoms with van der Waals surface area (Å²) in [5.41, 5.74) is 2.75. The van der Waals surface area contributed by atoms with Crippen LogP contribution in [0.1, 0.15) is 23.0 Å². The summed E-state index contributed by atoms with van der Waals surface area (Å²) in [6.45, 7) is 3.91. The molecule has 0 aliphatic rings. The van der Waals surface area contributed by atoms with Gasteiger partial charge in [0.1, 0.15) is 0 Å². The highest BCUT2D eigenvalue weighted by Crippen LogP contribution is 2.31. The maximum atomic E-state index is 11.8. The van der Waals surface area contributed by atoms with E-state index in [4.69, 9.17) is 14.2 Å². The van der Waals surface area contributed by atoms with Gasteiger partial charge in [-0.2, -0.15) is 0 Å². The van der Waals surface area contributed by atoms with E-state index < -0.39 is 0 Å². The molecule has 0 amide bonds. The molecule has 0 saturated heterocycles. The summed E-state index contributed by atoms with van der Waals surface area (Å²) < 4.78 is 15.5. The third kappa shape index (κ3) is 3.19. The summed E-state index contributed by atoms with van der Waals surface area (Å²) in [5.74, 6) is 0.936. The third-order valence-corrected chi connectivity index (χ3v) is 3.26. The molecule has 0 aliphatic carbocycles. The lowest BCUT2D eigenvalue weighted by molar-refractivity contribution is 0.0525. The summed E-state index contributed by atoms with van der Waals surface area (Å²) in [6, 6.07) is 9.09. The Bertz CT molecular complexity index is 682. The van der Waals surface area contributed by atoms with Gasteiger partial charge in [0.25, 0.3) is 0 Å². The Morgan fingerprint density at radius 1 is 1.09 bits per heavy atom. The van der Waals surface area contributed by atoms with E-state index in [1.54, 1.807) is 40.2 Å². The Morgan fingerprint density at radius 3 is 2.41 bits per heavy atom. The molecule has 0 atom stereocenters. The molecule has 1 heterocycles. The number of nitrogens with zero attached hydrogens (tertiary/aromatic N) is 1. The lowest BCUT2D eigenvalue weighted by Crippen LogP contribution is -2.08. The minimum absolute atomic E-state index is 0.343. The zero-order valence-corrected chi connectivity index (χ0v) is 13.2. The standard InChI is InChI=1S/C17H19NO4/c1-5-22-17(19)13-7-8-14(18-11(13)2)12-6-9-15(20-3)16(10-12)21-4/h6-10H,5H2,1-4H3. The number of hydrogen-bond donors (Lipinski definition) is 0. The summed E-state index contributed by atoms with van der Waals surface area (Å²) in [5, 5.41) is 0. The summed E-state index contributed by atoms with van der Waals surface area (Å²) in [6.07, 6.45) is 0. The van der Waals surface area contributed by atoms with Crippen LogP contribution in [0.4, 0.5) is 0 Å². The van der Waals surface area contributed by atoms with Crippen LogP contribution in [0.2, 0.25) is 0 Å². The number of ether oxygens (including phenoxy) is 3. The summed E-state index contributed by atoms with van der Waals surface area (Å²) in [4.78, 5) is 16.3. The number of hydrogen-bond acceptors (Lipinski definition) is 5. The molecule has 0 fully saturated rings. The number of pyridine rings is 1. The molecule has 2 aromatic rings. The second-order valence-electron chi connectivity index (χ2n) is 4.62. The number of esters is 1. The predicted molar refractivity (Wildman–Crippen MR) is 83.5 cm³/mol. The zero-order valence-electron chi connectivity index (χ0n) is 13.2. The fraction of sp³-hybridized carbons (Fsp3) is 0.294. The van der Waals surface area contributed by atoms with Crippen molar-refractivity contribution in [3.63, 3.8) is 0 Å². The van der Waals surface area contributed by atoms with Gasteiger partial charge in [-0.1, -0.05) is 0 Å². The fourth-order valence-electron chi connectivity index (χ4n) is 2.14. The Kier molecular flexibility index (Phi) is 4.99. The van der Waals surface area contributed by atoms with Gasteiger partial charge >= 0.3 is 5.97 Å². The predicted octanol–water partition coefficient (Wildman–Crippen LogP) is 3.25. The van der Waals surface area contributed by atoms with Crippen molar-refractivity contribution in [3.8, 4) is 22.8 Å². The van der Waals surface area contributed by atoms with Crippen LogP contribution in [0.5, 0.6) is 11.5 Å². The van der Waals surface area contributed by atoms with Gasteiger partial charge in [0.2, 0.25) is 0 Å². The minimum Gasteiger partial charge on any atom is -0.493 e. The van der Waals surface area contributed by atoms with Gasteiger partial charge in [0.05, 0.1) is 37.8 Å². The van der Waals surface area contributed by atoms with Gasteiger partial charge in [-0.25, -0.2) is 4.79 Å². The maximum Gasteiger partial charge on any atom is 0.339 e. The minimum atomic E-state index is -0.355. The van der Waals surface area contributed by atoms with Crippen molar-refractivity contribution in [2.24, 2.45) is 0 Å². The molecule has 0 N–H and O–H groups in total. The maximum absolute atomic E-state index is 11.8. The highest BCUT2D eigenvalue weighted by Gasteiger charge is 2.13. The Morgan fingerprint density at radius 2 is 1.82 bits per heavy atom. The first kappa shape index (κ1) is 15.8. The Labute approximate surface area is 129 Å². The highest BCUT2D eigenvalue weighted by atomic mass is 16.5. The van der Waals surface area contributed by atoms with E-state index in [-0.39, 0.29) is 5.97 Å². The van der Waals surface area contributed by atoms with Gasteiger partial charge in [0.15, 0.2) is 11.5 Å². The van der Waals surface area contributed by atoms with E-state index in [1.807, 2.05) is 18.2 Å². The number of benzene rings is 1. The first-order valence-electron chi connectivity index (χ1n) is 6.97. The van der Waals surface area contributed by atoms with Crippen molar-refractivity contribution in [1.29, 1.82) is 0 Å². The van der Waals surface area contributed by atoms with Crippen molar-refractivity contribution in [3.05, 3.63) is 41.6 Å². The van der Waals surface area contributed by atoms with Crippen LogP contribution in [-0.4, -0.2) is 31.8 Å². The molecule has 2 rings (SSSR count). The first-order chi connectivity index (χ1) is 10.6. The van der Waals surface area contributed by atoms with Crippen LogP contribution in [0.15, 0.2) is 30.3 Å². The van der Waals surface area contributed by atoms with Crippen LogP contribution in [0.25, 0.3) is 11.3 Å². The molecule has 116 valence electrons. The number of carbonyl (C=O) groups excluding carboxylic acids is 1. The van der Waals surface area contributed by atoms with Gasteiger partial charge in [-0.3, -0.25) is 4.98 Å². The molecular weight excluding hydrogens is 282 g/mol. The average Bonchev–Trinajstić information content (AvgIpc) is 2.54. The number of aromatic nitrogens is 1. The lowest BCUT2D eigenvalue weighted by Gasteiger charge is -2.11. The van der Waals surface area contributed by atoms with Gasteiger partial charge in [-0.15, -0.1) is 0 Å². The lowest BCUT2D eigenvalue weighted by atomic mass is 10.1. The molecule has 1 aromatic heterocycles. The second kappa shape index (κ2) is 6.93. The van der Waals surface area contributed by atoms with Gasteiger partial charge < -0.3 is 14.2 Å². The SMILES string of the molecule is CCOC(=O)c1ccc(-c2ccc(OC)c(OC)c2)nc1C. The Hall–Kier alpha value is -2.56. The first-order valence-corrected chi connectivity index (χ1v) is 6.97. The molecule has 0 bridgehead atoms. The molecule has 1 aromatic carbocycles. The smallest absolute Gasteiger partial charge is 0.339 e. The summed E-state index contributed by atoms with van der Waals surface area (Å²) in [7, 11) is 3.18. The van der Waals surface area contributed by atoms with Crippen molar-refractivity contribution in [1.82, 2.24) is 4.98 Å². The van der Waals surface area contributed by atoms with Crippen LogP contribution >= 0.6 is 0 Å². The summed E-state index contributed by atoms with van der Waals surface area (Å²) >= 11 is 0. The van der Waals surface area contributed by atoms with E-state index in [0.717, 1.165) is 11.3 Å². The van der Waals surface area contributed by atoms with Gasteiger partial charge in [-0.05, 0) is 44.2 Å². The van der Waals surface area contributed by atoms with Crippen molar-refractivity contribution in [2.75, 3.05) is 20.8 Å². The molecule has 0 spiro atoms. The topological polar surface area (TPSA) is 57.7 Å². The molecule has 0 saturated carbocycles. The second-order valence-corrected chi connectivity index (χ2v) is 4.62. The largest absolute Gasteiger partial charge is 0.493 e. The molecule has 0 aliphatic heterocycles. The molecule has 0 radical (unpaired) electrons. The van der Waals surface area contributed by atoms with E-state index in [9.17, 15) is 4.79 Å². The van der Waals surface area contributed by atoms with E-state index in [1.165, 1.54) is 0 Å². The normalized spacial score (nSPS) is 10.2. The molecular formula is C17H19NO4.